The summed E-state index contributed by atoms with van der Waals surface area (Å²) in [6.07, 6.45) is -1.51. The average Bonchev–Trinajstić information content (AvgIpc) is 3.08. The number of aromatic nitrogens is 4. The number of H-pyrrole nitrogens is 1. The summed E-state index contributed by atoms with van der Waals surface area (Å²) in [6, 6.07) is 3.92. The molecule has 9 heteroatoms. The number of rotatable bonds is 2. The quantitative estimate of drug-likeness (QED) is 0.918. The Hall–Kier alpha value is -2.63. The summed E-state index contributed by atoms with van der Waals surface area (Å²) >= 11 is 0. The predicted octanol–water partition coefficient (Wildman–Crippen LogP) is 2.47. The monoisotopic (exact) mass is 322 g/mol. The Morgan fingerprint density at radius 2 is 2.17 bits per heavy atom. The van der Waals surface area contributed by atoms with Crippen LogP contribution >= 0.6 is 0 Å². The van der Waals surface area contributed by atoms with E-state index in [0.717, 1.165) is 18.9 Å². The molecule has 0 unspecified atom stereocenters. The Labute approximate surface area is 130 Å². The van der Waals surface area contributed by atoms with Gasteiger partial charge < -0.3 is 4.90 Å². The number of halogens is 3. The molecule has 0 bridgehead atoms. The molecule has 2 aromatic rings. The molecule has 120 valence electrons. The van der Waals surface area contributed by atoms with E-state index in [1.54, 1.807) is 4.90 Å². The van der Waals surface area contributed by atoms with Crippen LogP contribution in [-0.2, 0) is 6.18 Å². The van der Waals surface area contributed by atoms with Gasteiger partial charge in [0, 0.05) is 19.0 Å². The van der Waals surface area contributed by atoms with E-state index in [2.05, 4.69) is 20.2 Å². The van der Waals surface area contributed by atoms with E-state index in [4.69, 9.17) is 5.26 Å². The predicted molar refractivity (Wildman–Crippen MR) is 74.5 cm³/mol. The molecule has 6 nitrogen and oxygen atoms in total. The zero-order chi connectivity index (χ0) is 16.4. The van der Waals surface area contributed by atoms with Gasteiger partial charge in [0.15, 0.2) is 0 Å². The van der Waals surface area contributed by atoms with Crippen LogP contribution in [0.5, 0.6) is 0 Å². The lowest BCUT2D eigenvalue weighted by Crippen LogP contribution is -2.36. The molecule has 1 fully saturated rings. The number of hydrogen-bond acceptors (Lipinski definition) is 5. The molecule has 23 heavy (non-hydrogen) atoms. The van der Waals surface area contributed by atoms with Crippen molar-refractivity contribution >= 4 is 5.82 Å². The minimum atomic E-state index is -4.54. The van der Waals surface area contributed by atoms with Gasteiger partial charge in [-0.2, -0.15) is 23.5 Å². The summed E-state index contributed by atoms with van der Waals surface area (Å²) in [7, 11) is 0. The van der Waals surface area contributed by atoms with Crippen LogP contribution in [0, 0.1) is 11.3 Å². The topological polar surface area (TPSA) is 81.5 Å². The number of nitrogens with zero attached hydrogens (tertiary/aromatic N) is 5. The van der Waals surface area contributed by atoms with Crippen LogP contribution in [0.3, 0.4) is 0 Å². The summed E-state index contributed by atoms with van der Waals surface area (Å²) in [5, 5.41) is 15.8. The number of alkyl halides is 3. The fourth-order valence-corrected chi connectivity index (χ4v) is 2.74. The molecule has 1 saturated heterocycles. The van der Waals surface area contributed by atoms with Gasteiger partial charge in [0.25, 0.3) is 0 Å². The van der Waals surface area contributed by atoms with Crippen molar-refractivity contribution in [2.45, 2.75) is 24.9 Å². The maximum Gasteiger partial charge on any atom is 0.433 e. The maximum atomic E-state index is 12.9. The Kier molecular flexibility index (Phi) is 3.90. The second-order valence-electron chi connectivity index (χ2n) is 5.33. The van der Waals surface area contributed by atoms with Gasteiger partial charge in [-0.15, -0.1) is 0 Å². The molecule has 0 aromatic carbocycles. The number of aromatic amines is 1. The van der Waals surface area contributed by atoms with Gasteiger partial charge >= 0.3 is 6.18 Å². The molecule has 3 rings (SSSR count). The summed E-state index contributed by atoms with van der Waals surface area (Å²) in [5.74, 6) is 0.792. The van der Waals surface area contributed by atoms with E-state index in [0.29, 0.717) is 18.9 Å². The molecule has 0 saturated carbocycles. The first-order valence-electron chi connectivity index (χ1n) is 7.07. The van der Waals surface area contributed by atoms with Crippen molar-refractivity contribution in [3.63, 3.8) is 0 Å². The molecule has 3 heterocycles. The van der Waals surface area contributed by atoms with Crippen molar-refractivity contribution in [2.75, 3.05) is 18.0 Å². The number of pyridine rings is 1. The second kappa shape index (κ2) is 5.87. The lowest BCUT2D eigenvalue weighted by molar-refractivity contribution is -0.141. The summed E-state index contributed by atoms with van der Waals surface area (Å²) in [5.41, 5.74) is -0.857. The maximum absolute atomic E-state index is 12.9. The van der Waals surface area contributed by atoms with Crippen molar-refractivity contribution in [1.82, 2.24) is 20.2 Å². The Balaban J connectivity index is 1.92. The summed E-state index contributed by atoms with van der Waals surface area (Å²) < 4.78 is 38.7. The van der Waals surface area contributed by atoms with E-state index >= 15 is 0 Å². The summed E-state index contributed by atoms with van der Waals surface area (Å²) in [6.45, 7) is 0.992. The van der Waals surface area contributed by atoms with Crippen LogP contribution in [0.2, 0.25) is 0 Å². The highest BCUT2D eigenvalue weighted by Crippen LogP contribution is 2.33. The van der Waals surface area contributed by atoms with E-state index in [9.17, 15) is 13.2 Å². The number of nitrogens with one attached hydrogen (secondary N) is 1. The summed E-state index contributed by atoms with van der Waals surface area (Å²) in [4.78, 5) is 9.51. The Bertz CT molecular complexity index is 719. The van der Waals surface area contributed by atoms with E-state index in [-0.39, 0.29) is 17.3 Å². The van der Waals surface area contributed by atoms with Gasteiger partial charge in [-0.25, -0.2) is 9.97 Å². The molecule has 1 aliphatic rings. The number of nitriles is 1. The number of hydrogen-bond donors (Lipinski definition) is 1. The fourth-order valence-electron chi connectivity index (χ4n) is 2.74. The zero-order valence-electron chi connectivity index (χ0n) is 12.0. The molecule has 0 aliphatic carbocycles. The highest BCUT2D eigenvalue weighted by molar-refractivity contribution is 5.55. The molecule has 1 atom stereocenters. The Morgan fingerprint density at radius 1 is 1.35 bits per heavy atom. The molecule has 0 radical (unpaired) electrons. The molecular formula is C14H13F3N6. The smallest absolute Gasteiger partial charge is 0.355 e. The van der Waals surface area contributed by atoms with Crippen molar-refractivity contribution < 1.29 is 13.2 Å². The zero-order valence-corrected chi connectivity index (χ0v) is 12.0. The molecule has 1 N–H and O–H groups in total. The van der Waals surface area contributed by atoms with Crippen LogP contribution in [0.4, 0.5) is 19.0 Å². The third kappa shape index (κ3) is 3.11. The van der Waals surface area contributed by atoms with Crippen LogP contribution in [-0.4, -0.2) is 33.3 Å². The van der Waals surface area contributed by atoms with Crippen LogP contribution in [0.15, 0.2) is 18.5 Å². The molecule has 2 aromatic heterocycles. The van der Waals surface area contributed by atoms with Gasteiger partial charge in [-0.1, -0.05) is 0 Å². The van der Waals surface area contributed by atoms with E-state index < -0.39 is 11.9 Å². The average molecular weight is 322 g/mol. The van der Waals surface area contributed by atoms with E-state index in [1.165, 1.54) is 12.4 Å². The first kappa shape index (κ1) is 15.3. The first-order chi connectivity index (χ1) is 11.0. The van der Waals surface area contributed by atoms with Crippen molar-refractivity contribution in [2.24, 2.45) is 0 Å². The number of anilines is 1. The van der Waals surface area contributed by atoms with Crippen molar-refractivity contribution in [3.8, 4) is 6.07 Å². The molecule has 0 amide bonds. The lowest BCUT2D eigenvalue weighted by atomic mass is 9.97. The third-order valence-electron chi connectivity index (χ3n) is 3.83. The molecule has 1 aliphatic heterocycles. The van der Waals surface area contributed by atoms with E-state index in [1.807, 2.05) is 6.07 Å². The minimum Gasteiger partial charge on any atom is -0.355 e. The highest BCUT2D eigenvalue weighted by Gasteiger charge is 2.34. The van der Waals surface area contributed by atoms with Gasteiger partial charge in [0.1, 0.15) is 29.7 Å². The van der Waals surface area contributed by atoms with Crippen molar-refractivity contribution in [3.05, 3.63) is 35.5 Å². The molecular weight excluding hydrogens is 309 g/mol. The Morgan fingerprint density at radius 3 is 2.83 bits per heavy atom. The van der Waals surface area contributed by atoms with Crippen molar-refractivity contribution in [1.29, 1.82) is 5.26 Å². The van der Waals surface area contributed by atoms with Gasteiger partial charge in [0.05, 0.1) is 5.56 Å². The van der Waals surface area contributed by atoms with Gasteiger partial charge in [-0.3, -0.25) is 5.10 Å². The third-order valence-corrected chi connectivity index (χ3v) is 3.83. The standard InChI is InChI=1S/C14H13F3N6/c15-14(16,17)11-4-3-9(6-18)13(21-11)23-5-1-2-10(7-23)12-19-8-20-22-12/h3-4,8,10H,1-2,5,7H2,(H,19,20,22)/t10-/m0/s1. The van der Waals surface area contributed by atoms with Crippen LogP contribution in [0.25, 0.3) is 0 Å². The SMILES string of the molecule is N#Cc1ccc(C(F)(F)F)nc1N1CCC[C@H](c2ncn[nH]2)C1. The number of piperidine rings is 1. The van der Waals surface area contributed by atoms with Gasteiger partial charge in [-0.05, 0) is 25.0 Å². The highest BCUT2D eigenvalue weighted by atomic mass is 19.4. The molecule has 0 spiro atoms. The normalized spacial score (nSPS) is 18.7. The largest absolute Gasteiger partial charge is 0.433 e. The van der Waals surface area contributed by atoms with Gasteiger partial charge in [0.2, 0.25) is 0 Å². The minimum absolute atomic E-state index is 0.0223. The van der Waals surface area contributed by atoms with Crippen LogP contribution in [0.1, 0.15) is 35.8 Å². The lowest BCUT2D eigenvalue weighted by Gasteiger charge is -2.33. The van der Waals surface area contributed by atoms with Crippen LogP contribution < -0.4 is 4.90 Å². The second-order valence-corrected chi connectivity index (χ2v) is 5.33. The first-order valence-corrected chi connectivity index (χ1v) is 7.07. The fraction of sp³-hybridized carbons (Fsp3) is 0.429.